The van der Waals surface area contributed by atoms with Crippen LogP contribution in [0.3, 0.4) is 0 Å². The molecule has 3 heteroatoms. The average molecular weight is 337 g/mol. The SMILES string of the molecule is CCCCC(=N\c1ccccc1)/C(C)=N/c1ccccc1.[Ni]. The molecule has 2 rings (SSSR count). The number of aliphatic imine (C=N–C) groups is 2. The van der Waals surface area contributed by atoms with Gasteiger partial charge in [-0.25, -0.2) is 0 Å². The summed E-state index contributed by atoms with van der Waals surface area (Å²) in [5.74, 6) is 0. The summed E-state index contributed by atoms with van der Waals surface area (Å²) in [5.41, 5.74) is 4.05. The number of hydrogen-bond acceptors (Lipinski definition) is 2. The van der Waals surface area contributed by atoms with Crippen LogP contribution >= 0.6 is 0 Å². The van der Waals surface area contributed by atoms with Crippen LogP contribution in [0.15, 0.2) is 70.6 Å². The molecular formula is C19H22N2Ni. The first kappa shape index (κ1) is 18.3. The van der Waals surface area contributed by atoms with Crippen molar-refractivity contribution < 1.29 is 16.5 Å². The largest absolute Gasteiger partial charge is 0.252 e. The molecular weight excluding hydrogens is 315 g/mol. The van der Waals surface area contributed by atoms with E-state index in [0.717, 1.165) is 42.1 Å². The molecule has 0 unspecified atom stereocenters. The molecule has 0 aliphatic rings. The fraction of sp³-hybridized carbons (Fsp3) is 0.263. The maximum absolute atomic E-state index is 4.78. The topological polar surface area (TPSA) is 24.7 Å². The number of benzene rings is 2. The van der Waals surface area contributed by atoms with Crippen LogP contribution < -0.4 is 0 Å². The van der Waals surface area contributed by atoms with E-state index in [1.54, 1.807) is 0 Å². The molecule has 0 bridgehead atoms. The summed E-state index contributed by atoms with van der Waals surface area (Å²) in [6.07, 6.45) is 3.26. The number of hydrogen-bond donors (Lipinski definition) is 0. The van der Waals surface area contributed by atoms with E-state index in [0.29, 0.717) is 0 Å². The summed E-state index contributed by atoms with van der Waals surface area (Å²) < 4.78 is 0. The maximum Gasteiger partial charge on any atom is 0.0633 e. The van der Waals surface area contributed by atoms with Crippen LogP contribution in [0.4, 0.5) is 11.4 Å². The summed E-state index contributed by atoms with van der Waals surface area (Å²) in [6.45, 7) is 4.24. The Kier molecular flexibility index (Phi) is 8.39. The van der Waals surface area contributed by atoms with Gasteiger partial charge >= 0.3 is 0 Å². The van der Waals surface area contributed by atoms with Crippen molar-refractivity contribution in [3.63, 3.8) is 0 Å². The summed E-state index contributed by atoms with van der Waals surface area (Å²) in [5, 5.41) is 0. The second-order valence-corrected chi connectivity index (χ2v) is 5.03. The van der Waals surface area contributed by atoms with Crippen molar-refractivity contribution in [3.05, 3.63) is 60.7 Å². The summed E-state index contributed by atoms with van der Waals surface area (Å²) in [6, 6.07) is 20.1. The third-order valence-electron chi connectivity index (χ3n) is 3.26. The van der Waals surface area contributed by atoms with Crippen LogP contribution in [0.1, 0.15) is 33.1 Å². The van der Waals surface area contributed by atoms with Crippen molar-refractivity contribution in [2.24, 2.45) is 9.98 Å². The smallest absolute Gasteiger partial charge is 0.0633 e. The van der Waals surface area contributed by atoms with E-state index < -0.39 is 0 Å². The molecule has 2 aromatic carbocycles. The molecule has 0 saturated carbocycles. The van der Waals surface area contributed by atoms with Crippen LogP contribution in [-0.2, 0) is 16.5 Å². The first-order chi connectivity index (χ1) is 10.3. The van der Waals surface area contributed by atoms with Crippen molar-refractivity contribution >= 4 is 22.8 Å². The van der Waals surface area contributed by atoms with E-state index >= 15 is 0 Å². The average Bonchev–Trinajstić information content (AvgIpc) is 2.53. The number of nitrogens with zero attached hydrogens (tertiary/aromatic N) is 2. The molecule has 0 radical (unpaired) electrons. The Bertz CT molecular complexity index is 604. The molecule has 0 aliphatic carbocycles. The first-order valence-corrected chi connectivity index (χ1v) is 7.53. The minimum atomic E-state index is 0. The number of rotatable bonds is 6. The molecule has 2 aromatic rings. The molecule has 0 fully saturated rings. The monoisotopic (exact) mass is 336 g/mol. The molecule has 0 atom stereocenters. The van der Waals surface area contributed by atoms with Gasteiger partial charge in [0.25, 0.3) is 0 Å². The third kappa shape index (κ3) is 5.95. The zero-order valence-corrected chi connectivity index (χ0v) is 14.1. The van der Waals surface area contributed by atoms with Crippen molar-refractivity contribution in [2.75, 3.05) is 0 Å². The van der Waals surface area contributed by atoms with E-state index in [9.17, 15) is 0 Å². The normalized spacial score (nSPS) is 11.9. The van der Waals surface area contributed by atoms with Gasteiger partial charge in [0.15, 0.2) is 0 Å². The fourth-order valence-electron chi connectivity index (χ4n) is 2.08. The fourth-order valence-corrected chi connectivity index (χ4v) is 2.08. The Morgan fingerprint density at radius 2 is 1.32 bits per heavy atom. The predicted molar refractivity (Wildman–Crippen MR) is 92.3 cm³/mol. The zero-order chi connectivity index (χ0) is 14.9. The van der Waals surface area contributed by atoms with Gasteiger partial charge in [-0.15, -0.1) is 0 Å². The Morgan fingerprint density at radius 1 is 0.818 bits per heavy atom. The van der Waals surface area contributed by atoms with Gasteiger partial charge < -0.3 is 0 Å². The maximum atomic E-state index is 4.78. The van der Waals surface area contributed by atoms with Gasteiger partial charge in [0.1, 0.15) is 0 Å². The van der Waals surface area contributed by atoms with Gasteiger partial charge in [0.2, 0.25) is 0 Å². The van der Waals surface area contributed by atoms with Gasteiger partial charge in [0, 0.05) is 16.5 Å². The molecule has 0 amide bonds. The summed E-state index contributed by atoms with van der Waals surface area (Å²) in [7, 11) is 0. The molecule has 22 heavy (non-hydrogen) atoms. The minimum absolute atomic E-state index is 0. The van der Waals surface area contributed by atoms with Crippen molar-refractivity contribution in [3.8, 4) is 0 Å². The molecule has 0 aromatic heterocycles. The minimum Gasteiger partial charge on any atom is -0.252 e. The van der Waals surface area contributed by atoms with E-state index in [1.165, 1.54) is 0 Å². The van der Waals surface area contributed by atoms with Gasteiger partial charge in [-0.1, -0.05) is 49.7 Å². The molecule has 0 N–H and O–H groups in total. The van der Waals surface area contributed by atoms with E-state index in [1.807, 2.05) is 67.6 Å². The Balaban J connectivity index is 0.00000242. The van der Waals surface area contributed by atoms with Crippen LogP contribution in [0.2, 0.25) is 0 Å². The predicted octanol–water partition coefficient (Wildman–Crippen LogP) is 5.74. The van der Waals surface area contributed by atoms with Gasteiger partial charge in [-0.2, -0.15) is 0 Å². The van der Waals surface area contributed by atoms with Crippen LogP contribution in [-0.4, -0.2) is 11.4 Å². The second kappa shape index (κ2) is 10.1. The Labute approximate surface area is 143 Å². The van der Waals surface area contributed by atoms with Crippen LogP contribution in [0, 0.1) is 0 Å². The zero-order valence-electron chi connectivity index (χ0n) is 13.1. The van der Waals surface area contributed by atoms with Crippen LogP contribution in [0.25, 0.3) is 0 Å². The van der Waals surface area contributed by atoms with Crippen molar-refractivity contribution in [2.45, 2.75) is 33.1 Å². The number of para-hydroxylation sites is 2. The van der Waals surface area contributed by atoms with Crippen molar-refractivity contribution in [1.29, 1.82) is 0 Å². The number of unbranched alkanes of at least 4 members (excludes halogenated alkanes) is 1. The first-order valence-electron chi connectivity index (χ1n) is 7.53. The van der Waals surface area contributed by atoms with E-state index in [4.69, 9.17) is 9.98 Å². The Morgan fingerprint density at radius 3 is 1.82 bits per heavy atom. The van der Waals surface area contributed by atoms with Gasteiger partial charge in [0.05, 0.1) is 22.8 Å². The summed E-state index contributed by atoms with van der Waals surface area (Å²) in [4.78, 5) is 9.47. The summed E-state index contributed by atoms with van der Waals surface area (Å²) >= 11 is 0. The molecule has 0 spiro atoms. The van der Waals surface area contributed by atoms with Gasteiger partial charge in [-0.05, 0) is 44.0 Å². The van der Waals surface area contributed by atoms with Gasteiger partial charge in [-0.3, -0.25) is 9.98 Å². The third-order valence-corrected chi connectivity index (χ3v) is 3.26. The van der Waals surface area contributed by atoms with Crippen molar-refractivity contribution in [1.82, 2.24) is 0 Å². The quantitative estimate of drug-likeness (QED) is 0.474. The molecule has 2 nitrogen and oxygen atoms in total. The van der Waals surface area contributed by atoms with Crippen LogP contribution in [0.5, 0.6) is 0 Å². The second-order valence-electron chi connectivity index (χ2n) is 5.03. The van der Waals surface area contributed by atoms with E-state index in [2.05, 4.69) is 6.92 Å². The standard InChI is InChI=1S/C19H22N2.Ni/c1-3-4-15-19(21-18-13-9-6-10-14-18)16(2)20-17-11-7-5-8-12-17;/h5-14H,3-4,15H2,1-2H3;/b20-16+,21-19+;. The molecule has 0 aliphatic heterocycles. The van der Waals surface area contributed by atoms with E-state index in [-0.39, 0.29) is 16.5 Å². The Hall–Kier alpha value is -1.73. The molecule has 0 heterocycles. The molecule has 118 valence electrons. The molecule has 0 saturated heterocycles.